The maximum Gasteiger partial charge on any atom is 0.412 e. The number of anilines is 1. The Labute approximate surface area is 157 Å². The van der Waals surface area contributed by atoms with Crippen LogP contribution in [0.25, 0.3) is 0 Å². The summed E-state index contributed by atoms with van der Waals surface area (Å²) in [7, 11) is 1.58. The standard InChI is InChI=1S/C14H17ClF2N6O4/c1-6(2)26-14(25)18-10-8(27-12(16)17)5-4-7(9(10)15)11(24)19-13-20-21-22-23(13)3/h4-6,12,21-22H,1-3H3,(H,18,25)(H,19,20,24). The number of hydrazone groups is 1. The van der Waals surface area contributed by atoms with Crippen LogP contribution in [0.3, 0.4) is 0 Å². The van der Waals surface area contributed by atoms with Crippen molar-refractivity contribution in [1.29, 1.82) is 0 Å². The van der Waals surface area contributed by atoms with E-state index in [0.717, 1.165) is 6.07 Å². The van der Waals surface area contributed by atoms with Gasteiger partial charge in [0.25, 0.3) is 5.91 Å². The van der Waals surface area contributed by atoms with E-state index >= 15 is 0 Å². The van der Waals surface area contributed by atoms with Crippen molar-refractivity contribution in [3.05, 3.63) is 22.7 Å². The minimum absolute atomic E-state index is 0.110. The minimum atomic E-state index is -3.17. The molecule has 0 spiro atoms. The summed E-state index contributed by atoms with van der Waals surface area (Å²) in [4.78, 5) is 24.3. The molecule has 148 valence electrons. The number of alkyl halides is 2. The van der Waals surface area contributed by atoms with Crippen LogP contribution in [0.4, 0.5) is 19.3 Å². The molecule has 1 aromatic rings. The molecule has 0 radical (unpaired) electrons. The van der Waals surface area contributed by atoms with Gasteiger partial charge in [0, 0.05) is 7.05 Å². The summed E-state index contributed by atoms with van der Waals surface area (Å²) in [5.74, 6) is -0.983. The Morgan fingerprint density at radius 3 is 2.56 bits per heavy atom. The molecule has 2 amide bonds. The molecule has 1 aromatic carbocycles. The molecule has 13 heteroatoms. The first-order valence-electron chi connectivity index (χ1n) is 7.57. The SMILES string of the molecule is CC(C)OC(=O)Nc1c(OC(F)F)ccc(C(=O)NC2=NNNN2C)c1Cl. The fourth-order valence-corrected chi connectivity index (χ4v) is 2.24. The number of amides is 2. The topological polar surface area (TPSA) is 116 Å². The minimum Gasteiger partial charge on any atom is -0.447 e. The summed E-state index contributed by atoms with van der Waals surface area (Å²) in [6, 6.07) is 2.25. The molecule has 0 saturated carbocycles. The van der Waals surface area contributed by atoms with Crippen LogP contribution in [0.2, 0.25) is 5.02 Å². The number of halogens is 3. The van der Waals surface area contributed by atoms with Crippen molar-refractivity contribution in [3.63, 3.8) is 0 Å². The zero-order valence-corrected chi connectivity index (χ0v) is 15.2. The first kappa shape index (κ1) is 20.5. The predicted molar refractivity (Wildman–Crippen MR) is 92.3 cm³/mol. The molecular formula is C14H17ClF2N6O4. The highest BCUT2D eigenvalue weighted by molar-refractivity contribution is 6.37. The number of rotatable bonds is 5. The number of benzene rings is 1. The molecule has 27 heavy (non-hydrogen) atoms. The van der Waals surface area contributed by atoms with Crippen LogP contribution in [-0.4, -0.2) is 42.7 Å². The monoisotopic (exact) mass is 406 g/mol. The Bertz CT molecular complexity index is 761. The maximum atomic E-state index is 12.6. The van der Waals surface area contributed by atoms with Crippen LogP contribution in [0, 0.1) is 0 Å². The summed E-state index contributed by atoms with van der Waals surface area (Å²) < 4.78 is 34.5. The molecule has 1 heterocycles. The van der Waals surface area contributed by atoms with E-state index in [1.54, 1.807) is 20.9 Å². The van der Waals surface area contributed by atoms with E-state index in [4.69, 9.17) is 16.3 Å². The van der Waals surface area contributed by atoms with Gasteiger partial charge in [-0.25, -0.2) is 10.3 Å². The molecule has 0 saturated heterocycles. The highest BCUT2D eigenvalue weighted by Crippen LogP contribution is 2.36. The Morgan fingerprint density at radius 2 is 2.00 bits per heavy atom. The lowest BCUT2D eigenvalue weighted by atomic mass is 10.1. The molecule has 0 atom stereocenters. The van der Waals surface area contributed by atoms with Gasteiger partial charge in [-0.3, -0.25) is 20.4 Å². The normalized spacial score (nSPS) is 13.3. The van der Waals surface area contributed by atoms with E-state index in [1.807, 2.05) is 0 Å². The number of ether oxygens (including phenoxy) is 2. The number of nitrogens with one attached hydrogen (secondary N) is 4. The third-order valence-corrected chi connectivity index (χ3v) is 3.45. The van der Waals surface area contributed by atoms with Gasteiger partial charge in [0.1, 0.15) is 5.69 Å². The molecule has 0 unspecified atom stereocenters. The lowest BCUT2D eigenvalue weighted by Gasteiger charge is -2.17. The smallest absolute Gasteiger partial charge is 0.412 e. The summed E-state index contributed by atoms with van der Waals surface area (Å²) in [5.41, 5.74) is 4.57. The fourth-order valence-electron chi connectivity index (χ4n) is 1.95. The van der Waals surface area contributed by atoms with Crippen LogP contribution in [0.15, 0.2) is 17.2 Å². The van der Waals surface area contributed by atoms with Crippen LogP contribution in [0.5, 0.6) is 5.75 Å². The second kappa shape index (κ2) is 8.68. The molecule has 4 N–H and O–H groups in total. The van der Waals surface area contributed by atoms with Crippen molar-refractivity contribution >= 4 is 35.2 Å². The number of hydrogen-bond acceptors (Lipinski definition) is 8. The van der Waals surface area contributed by atoms with E-state index in [0.29, 0.717) is 0 Å². The van der Waals surface area contributed by atoms with Gasteiger partial charge in [0.15, 0.2) is 5.75 Å². The second-order valence-corrected chi connectivity index (χ2v) is 5.81. The molecule has 0 bridgehead atoms. The predicted octanol–water partition coefficient (Wildman–Crippen LogP) is 1.85. The van der Waals surface area contributed by atoms with Gasteiger partial charge in [-0.1, -0.05) is 11.6 Å². The Hall–Kier alpha value is -2.86. The van der Waals surface area contributed by atoms with Crippen LogP contribution >= 0.6 is 11.6 Å². The van der Waals surface area contributed by atoms with Gasteiger partial charge in [-0.15, -0.1) is 10.6 Å². The van der Waals surface area contributed by atoms with Crippen LogP contribution in [0.1, 0.15) is 24.2 Å². The highest BCUT2D eigenvalue weighted by atomic mass is 35.5. The quantitative estimate of drug-likeness (QED) is 0.589. The summed E-state index contributed by atoms with van der Waals surface area (Å²) >= 11 is 6.15. The van der Waals surface area contributed by atoms with E-state index in [1.165, 1.54) is 11.1 Å². The van der Waals surface area contributed by atoms with Gasteiger partial charge in [-0.05, 0) is 26.0 Å². The van der Waals surface area contributed by atoms with Crippen molar-refractivity contribution in [3.8, 4) is 5.75 Å². The van der Waals surface area contributed by atoms with E-state index in [2.05, 4.69) is 31.5 Å². The highest BCUT2D eigenvalue weighted by Gasteiger charge is 2.24. The molecule has 0 aromatic heterocycles. The summed E-state index contributed by atoms with van der Waals surface area (Å²) in [5, 5.41) is 9.50. The van der Waals surface area contributed by atoms with Gasteiger partial charge in [0.05, 0.1) is 16.7 Å². The Kier molecular flexibility index (Phi) is 6.58. The van der Waals surface area contributed by atoms with Gasteiger partial charge < -0.3 is 9.47 Å². The molecule has 1 aliphatic rings. The van der Waals surface area contributed by atoms with Gasteiger partial charge in [0.2, 0.25) is 5.96 Å². The largest absolute Gasteiger partial charge is 0.447 e. The summed E-state index contributed by atoms with van der Waals surface area (Å²) in [6.45, 7) is 0.0338. The van der Waals surface area contributed by atoms with Crippen molar-refractivity contribution in [2.24, 2.45) is 5.10 Å². The number of carbonyl (C=O) groups is 2. The number of nitrogens with zero attached hydrogens (tertiary/aromatic N) is 2. The number of hydrazine groups is 2. The molecule has 0 aliphatic carbocycles. The lowest BCUT2D eigenvalue weighted by Crippen LogP contribution is -2.45. The Morgan fingerprint density at radius 1 is 1.30 bits per heavy atom. The zero-order chi connectivity index (χ0) is 20.1. The molecule has 1 aliphatic heterocycles. The fraction of sp³-hybridized carbons (Fsp3) is 0.357. The van der Waals surface area contributed by atoms with Crippen molar-refractivity contribution in [2.45, 2.75) is 26.6 Å². The zero-order valence-electron chi connectivity index (χ0n) is 14.5. The van der Waals surface area contributed by atoms with Crippen molar-refractivity contribution in [2.75, 3.05) is 12.4 Å². The Balaban J connectivity index is 2.31. The van der Waals surface area contributed by atoms with Gasteiger partial charge >= 0.3 is 12.7 Å². The molecule has 2 rings (SSSR count). The van der Waals surface area contributed by atoms with Crippen molar-refractivity contribution < 1.29 is 27.8 Å². The van der Waals surface area contributed by atoms with E-state index < -0.39 is 30.5 Å². The number of carbonyl (C=O) groups excluding carboxylic acids is 2. The molecular weight excluding hydrogens is 390 g/mol. The number of hydrogen-bond donors (Lipinski definition) is 4. The van der Waals surface area contributed by atoms with E-state index in [9.17, 15) is 18.4 Å². The average molecular weight is 407 g/mol. The van der Waals surface area contributed by atoms with Crippen molar-refractivity contribution in [1.82, 2.24) is 21.4 Å². The second-order valence-electron chi connectivity index (χ2n) is 5.43. The molecule has 10 nitrogen and oxygen atoms in total. The summed E-state index contributed by atoms with van der Waals surface area (Å²) in [6.07, 6.45) is -1.41. The third-order valence-electron chi connectivity index (χ3n) is 3.06. The van der Waals surface area contributed by atoms with Crippen LogP contribution < -0.4 is 26.4 Å². The third kappa shape index (κ3) is 5.31. The molecule has 0 fully saturated rings. The van der Waals surface area contributed by atoms with Gasteiger partial charge in [-0.2, -0.15) is 8.78 Å². The first-order chi connectivity index (χ1) is 12.7. The van der Waals surface area contributed by atoms with E-state index in [-0.39, 0.29) is 22.2 Å². The maximum absolute atomic E-state index is 12.6. The lowest BCUT2D eigenvalue weighted by molar-refractivity contribution is -0.0493. The number of guanidine groups is 1. The first-order valence-corrected chi connectivity index (χ1v) is 7.95. The van der Waals surface area contributed by atoms with Crippen LogP contribution in [-0.2, 0) is 4.74 Å². The average Bonchev–Trinajstić information content (AvgIpc) is 2.94.